The molecule has 0 aromatic heterocycles. The zero-order valence-electron chi connectivity index (χ0n) is 13.7. The lowest BCUT2D eigenvalue weighted by Gasteiger charge is -2.21. The van der Waals surface area contributed by atoms with E-state index in [2.05, 4.69) is 5.32 Å². The minimum Gasteiger partial charge on any atom is -0.550 e. The molecule has 0 aliphatic carbocycles. The summed E-state index contributed by atoms with van der Waals surface area (Å²) >= 11 is 5.81. The van der Waals surface area contributed by atoms with Gasteiger partial charge in [0, 0.05) is 23.0 Å². The summed E-state index contributed by atoms with van der Waals surface area (Å²) in [6.45, 7) is 0. The Morgan fingerprint density at radius 2 is 1.72 bits per heavy atom. The van der Waals surface area contributed by atoms with Crippen LogP contribution in [0.5, 0.6) is 11.5 Å². The van der Waals surface area contributed by atoms with Crippen LogP contribution in [0.15, 0.2) is 42.5 Å². The molecule has 2 aromatic rings. The van der Waals surface area contributed by atoms with Crippen LogP contribution in [0.3, 0.4) is 0 Å². The number of hydrogen-bond donors (Lipinski definition) is 1. The molecular formula is C18H17ClNO5-. The second-order valence-electron chi connectivity index (χ2n) is 5.22. The number of carbonyl (C=O) groups is 2. The largest absolute Gasteiger partial charge is 0.550 e. The monoisotopic (exact) mass is 362 g/mol. The van der Waals surface area contributed by atoms with Crippen molar-refractivity contribution in [1.29, 1.82) is 0 Å². The molecule has 0 heterocycles. The molecule has 132 valence electrons. The third-order valence-electron chi connectivity index (χ3n) is 3.59. The minimum absolute atomic E-state index is 0.369. The first-order valence-electron chi connectivity index (χ1n) is 7.42. The maximum absolute atomic E-state index is 12.4. The van der Waals surface area contributed by atoms with Crippen molar-refractivity contribution in [3.05, 3.63) is 58.6 Å². The Bertz CT molecular complexity index is 761. The van der Waals surface area contributed by atoms with Crippen LogP contribution in [0.2, 0.25) is 5.02 Å². The normalized spacial score (nSPS) is 11.5. The van der Waals surface area contributed by atoms with E-state index in [0.29, 0.717) is 27.6 Å². The number of methoxy groups -OCH3 is 2. The molecule has 1 atom stereocenters. The summed E-state index contributed by atoms with van der Waals surface area (Å²) < 4.78 is 10.4. The first-order chi connectivity index (χ1) is 11.9. The van der Waals surface area contributed by atoms with Gasteiger partial charge in [0.1, 0.15) is 0 Å². The topological polar surface area (TPSA) is 87.7 Å². The average Bonchev–Trinajstić information content (AvgIpc) is 2.60. The van der Waals surface area contributed by atoms with Gasteiger partial charge in [-0.3, -0.25) is 4.79 Å². The Kier molecular flexibility index (Phi) is 6.25. The molecule has 0 unspecified atom stereocenters. The molecular weight excluding hydrogens is 346 g/mol. The number of aliphatic carboxylic acids is 1. The average molecular weight is 363 g/mol. The van der Waals surface area contributed by atoms with Crippen LogP contribution in [0.25, 0.3) is 0 Å². The van der Waals surface area contributed by atoms with Crippen molar-refractivity contribution in [3.63, 3.8) is 0 Å². The number of nitrogens with one attached hydrogen (secondary N) is 1. The zero-order chi connectivity index (χ0) is 18.4. The molecule has 25 heavy (non-hydrogen) atoms. The van der Waals surface area contributed by atoms with Crippen molar-refractivity contribution in [2.75, 3.05) is 14.2 Å². The third-order valence-corrected chi connectivity index (χ3v) is 3.84. The van der Waals surface area contributed by atoms with E-state index < -0.39 is 17.9 Å². The van der Waals surface area contributed by atoms with Crippen LogP contribution in [0, 0.1) is 0 Å². The Morgan fingerprint density at radius 3 is 2.28 bits per heavy atom. The maximum atomic E-state index is 12.4. The summed E-state index contributed by atoms with van der Waals surface area (Å²) in [5, 5.41) is 14.3. The molecule has 1 amide bonds. The highest BCUT2D eigenvalue weighted by Gasteiger charge is 2.18. The molecule has 2 rings (SSSR count). The standard InChI is InChI=1S/C18H18ClNO5/c1-24-15-8-5-12(9-16(15)25-2)14(10-17(21)22)20-18(23)11-3-6-13(19)7-4-11/h3-9,14H,10H2,1-2H3,(H,20,23)(H,21,22)/p-1/t14-/m0/s1. The second-order valence-corrected chi connectivity index (χ2v) is 5.66. The number of rotatable bonds is 7. The summed E-state index contributed by atoms with van der Waals surface area (Å²) in [6, 6.07) is 10.4. The molecule has 0 radical (unpaired) electrons. The summed E-state index contributed by atoms with van der Waals surface area (Å²) in [4.78, 5) is 23.5. The summed E-state index contributed by atoms with van der Waals surface area (Å²) in [5.41, 5.74) is 0.928. The highest BCUT2D eigenvalue weighted by molar-refractivity contribution is 6.30. The fourth-order valence-electron chi connectivity index (χ4n) is 2.33. The van der Waals surface area contributed by atoms with Gasteiger partial charge in [-0.2, -0.15) is 0 Å². The number of ether oxygens (including phenoxy) is 2. The van der Waals surface area contributed by atoms with Gasteiger partial charge in [0.2, 0.25) is 0 Å². The van der Waals surface area contributed by atoms with Crippen molar-refractivity contribution in [1.82, 2.24) is 5.32 Å². The molecule has 1 N–H and O–H groups in total. The van der Waals surface area contributed by atoms with Gasteiger partial charge >= 0.3 is 0 Å². The quantitative estimate of drug-likeness (QED) is 0.813. The predicted octanol–water partition coefficient (Wildman–Crippen LogP) is 1.97. The molecule has 0 aliphatic rings. The highest BCUT2D eigenvalue weighted by Crippen LogP contribution is 2.31. The van der Waals surface area contributed by atoms with Gasteiger partial charge < -0.3 is 24.7 Å². The number of hydrogen-bond acceptors (Lipinski definition) is 5. The van der Waals surface area contributed by atoms with Crippen LogP contribution in [-0.4, -0.2) is 26.1 Å². The van der Waals surface area contributed by atoms with Crippen molar-refractivity contribution in [3.8, 4) is 11.5 Å². The van der Waals surface area contributed by atoms with Gasteiger partial charge in [-0.05, 0) is 42.0 Å². The van der Waals surface area contributed by atoms with E-state index in [0.717, 1.165) is 0 Å². The number of carboxylic acid groups (broad SMARTS) is 1. The first kappa shape index (κ1) is 18.6. The third kappa shape index (κ3) is 4.87. The van der Waals surface area contributed by atoms with Gasteiger partial charge in [-0.15, -0.1) is 0 Å². The smallest absolute Gasteiger partial charge is 0.251 e. The van der Waals surface area contributed by atoms with Crippen molar-refractivity contribution >= 4 is 23.5 Å². The van der Waals surface area contributed by atoms with E-state index >= 15 is 0 Å². The number of halogens is 1. The molecule has 2 aromatic carbocycles. The van der Waals surface area contributed by atoms with E-state index in [4.69, 9.17) is 21.1 Å². The molecule has 0 bridgehead atoms. The molecule has 6 nitrogen and oxygen atoms in total. The van der Waals surface area contributed by atoms with Crippen LogP contribution < -0.4 is 19.9 Å². The van der Waals surface area contributed by atoms with Crippen molar-refractivity contribution in [2.45, 2.75) is 12.5 Å². The zero-order valence-corrected chi connectivity index (χ0v) is 14.5. The molecule has 0 spiro atoms. The number of benzene rings is 2. The van der Waals surface area contributed by atoms with Crippen LogP contribution in [-0.2, 0) is 4.79 Å². The lowest BCUT2D eigenvalue weighted by molar-refractivity contribution is -0.306. The highest BCUT2D eigenvalue weighted by atomic mass is 35.5. The molecule has 0 aliphatic heterocycles. The van der Waals surface area contributed by atoms with Crippen LogP contribution in [0.1, 0.15) is 28.4 Å². The van der Waals surface area contributed by atoms with E-state index in [1.54, 1.807) is 42.5 Å². The Hall–Kier alpha value is -2.73. The fraction of sp³-hybridized carbons (Fsp3) is 0.222. The Morgan fingerprint density at radius 1 is 1.08 bits per heavy atom. The van der Waals surface area contributed by atoms with Crippen LogP contribution >= 0.6 is 11.6 Å². The summed E-state index contributed by atoms with van der Waals surface area (Å²) in [5.74, 6) is -0.763. The first-order valence-corrected chi connectivity index (χ1v) is 7.80. The Balaban J connectivity index is 2.28. The predicted molar refractivity (Wildman–Crippen MR) is 90.8 cm³/mol. The summed E-state index contributed by atoms with van der Waals surface area (Å²) in [6.07, 6.45) is -0.380. The summed E-state index contributed by atoms with van der Waals surface area (Å²) in [7, 11) is 2.97. The van der Waals surface area contributed by atoms with Gasteiger partial charge in [-0.1, -0.05) is 17.7 Å². The molecule has 0 saturated carbocycles. The van der Waals surface area contributed by atoms with Gasteiger partial charge in [-0.25, -0.2) is 0 Å². The molecule has 7 heteroatoms. The van der Waals surface area contributed by atoms with Crippen LogP contribution in [0.4, 0.5) is 0 Å². The van der Waals surface area contributed by atoms with Crippen molar-refractivity contribution < 1.29 is 24.2 Å². The molecule has 0 fully saturated rings. The second kappa shape index (κ2) is 8.39. The van der Waals surface area contributed by atoms with Gasteiger partial charge in [0.25, 0.3) is 5.91 Å². The van der Waals surface area contributed by atoms with Gasteiger partial charge in [0.15, 0.2) is 11.5 Å². The lowest BCUT2D eigenvalue weighted by Crippen LogP contribution is -2.34. The minimum atomic E-state index is -1.28. The van der Waals surface area contributed by atoms with E-state index in [-0.39, 0.29) is 6.42 Å². The fourth-order valence-corrected chi connectivity index (χ4v) is 2.46. The Labute approximate surface area is 150 Å². The lowest BCUT2D eigenvalue weighted by atomic mass is 10.0. The number of amides is 1. The number of carbonyl (C=O) groups excluding carboxylic acids is 2. The SMILES string of the molecule is COc1ccc([C@H](CC(=O)[O-])NC(=O)c2ccc(Cl)cc2)cc1OC. The van der Waals surface area contributed by atoms with Crippen molar-refractivity contribution in [2.24, 2.45) is 0 Å². The molecule has 0 saturated heterocycles. The number of carboxylic acids is 1. The van der Waals surface area contributed by atoms with E-state index in [1.807, 2.05) is 0 Å². The maximum Gasteiger partial charge on any atom is 0.251 e. The van der Waals surface area contributed by atoms with E-state index in [1.165, 1.54) is 14.2 Å². The van der Waals surface area contributed by atoms with E-state index in [9.17, 15) is 14.7 Å². The van der Waals surface area contributed by atoms with Gasteiger partial charge in [0.05, 0.1) is 20.3 Å².